The number of halogens is 2. The van der Waals surface area contributed by atoms with Crippen LogP contribution in [0.3, 0.4) is 0 Å². The lowest BCUT2D eigenvalue weighted by molar-refractivity contribution is -0.385. The van der Waals surface area contributed by atoms with Crippen molar-refractivity contribution in [1.82, 2.24) is 0 Å². The van der Waals surface area contributed by atoms with E-state index in [9.17, 15) is 15.2 Å². The quantitative estimate of drug-likeness (QED) is 0.666. The first-order valence-electron chi connectivity index (χ1n) is 5.96. The Balaban J connectivity index is 2.27. The van der Waals surface area contributed by atoms with Crippen LogP contribution in [0.2, 0.25) is 10.0 Å². The molecule has 0 spiro atoms. The van der Waals surface area contributed by atoms with Gasteiger partial charge in [-0.25, -0.2) is 0 Å². The SMILES string of the molecule is O=[N+]([O-])c1cc(Cl)ccc1COc1c(Cl)cccc1CO. The molecule has 0 aliphatic rings. The molecule has 0 radical (unpaired) electrons. The molecule has 0 atom stereocenters. The van der Waals surface area contributed by atoms with Gasteiger partial charge in [0.15, 0.2) is 0 Å². The summed E-state index contributed by atoms with van der Waals surface area (Å²) in [7, 11) is 0. The van der Waals surface area contributed by atoms with E-state index in [0.29, 0.717) is 21.9 Å². The van der Waals surface area contributed by atoms with Crippen LogP contribution in [0.25, 0.3) is 0 Å². The van der Waals surface area contributed by atoms with Crippen molar-refractivity contribution >= 4 is 28.9 Å². The molecule has 0 amide bonds. The number of hydrogen-bond donors (Lipinski definition) is 1. The molecule has 0 aliphatic carbocycles. The fourth-order valence-corrected chi connectivity index (χ4v) is 2.23. The number of aliphatic hydroxyl groups excluding tert-OH is 1. The molecule has 7 heteroatoms. The van der Waals surface area contributed by atoms with E-state index < -0.39 is 4.92 Å². The summed E-state index contributed by atoms with van der Waals surface area (Å²) in [5.74, 6) is 0.311. The van der Waals surface area contributed by atoms with Crippen molar-refractivity contribution in [3.63, 3.8) is 0 Å². The van der Waals surface area contributed by atoms with E-state index in [1.54, 1.807) is 24.3 Å². The first kappa shape index (κ1) is 15.6. The van der Waals surface area contributed by atoms with Crippen LogP contribution in [0.4, 0.5) is 5.69 Å². The molecule has 2 rings (SSSR count). The van der Waals surface area contributed by atoms with Crippen LogP contribution in [0.15, 0.2) is 36.4 Å². The zero-order valence-electron chi connectivity index (χ0n) is 10.8. The third-order valence-electron chi connectivity index (χ3n) is 2.83. The Bertz CT molecular complexity index is 676. The molecule has 0 aromatic heterocycles. The minimum absolute atomic E-state index is 0.0514. The number of nitrogens with zero attached hydrogens (tertiary/aromatic N) is 1. The predicted octanol–water partition coefficient (Wildman–Crippen LogP) is 3.97. The molecule has 0 bridgehead atoms. The van der Waals surface area contributed by atoms with Crippen molar-refractivity contribution in [1.29, 1.82) is 0 Å². The molecule has 0 fully saturated rings. The number of nitro groups is 1. The van der Waals surface area contributed by atoms with Gasteiger partial charge in [0.25, 0.3) is 5.69 Å². The van der Waals surface area contributed by atoms with Crippen LogP contribution < -0.4 is 4.74 Å². The Hall–Kier alpha value is -1.82. The summed E-state index contributed by atoms with van der Waals surface area (Å²) in [6, 6.07) is 9.30. The van der Waals surface area contributed by atoms with E-state index >= 15 is 0 Å². The molecule has 2 aromatic rings. The number of rotatable bonds is 5. The number of nitro benzene ring substituents is 1. The third-order valence-corrected chi connectivity index (χ3v) is 3.37. The average molecular weight is 328 g/mol. The van der Waals surface area contributed by atoms with Crippen LogP contribution in [0.5, 0.6) is 5.75 Å². The maximum Gasteiger partial charge on any atom is 0.277 e. The molecule has 0 saturated carbocycles. The normalized spacial score (nSPS) is 10.4. The highest BCUT2D eigenvalue weighted by atomic mass is 35.5. The smallest absolute Gasteiger partial charge is 0.277 e. The predicted molar refractivity (Wildman–Crippen MR) is 79.8 cm³/mol. The topological polar surface area (TPSA) is 72.6 Å². The van der Waals surface area contributed by atoms with Crippen molar-refractivity contribution in [3.05, 3.63) is 67.7 Å². The number of benzene rings is 2. The largest absolute Gasteiger partial charge is 0.487 e. The zero-order valence-corrected chi connectivity index (χ0v) is 12.3. The molecule has 1 N–H and O–H groups in total. The highest BCUT2D eigenvalue weighted by Gasteiger charge is 2.16. The first-order chi connectivity index (χ1) is 10.0. The summed E-state index contributed by atoms with van der Waals surface area (Å²) in [6.07, 6.45) is 0. The van der Waals surface area contributed by atoms with Gasteiger partial charge in [-0.2, -0.15) is 0 Å². The van der Waals surface area contributed by atoms with E-state index in [1.165, 1.54) is 12.1 Å². The molecule has 110 valence electrons. The second-order valence-corrected chi connectivity index (χ2v) is 5.05. The highest BCUT2D eigenvalue weighted by molar-refractivity contribution is 6.32. The molecule has 0 saturated heterocycles. The number of para-hydroxylation sites is 1. The number of aliphatic hydroxyl groups is 1. The summed E-state index contributed by atoms with van der Waals surface area (Å²) in [4.78, 5) is 10.5. The molecule has 21 heavy (non-hydrogen) atoms. The Morgan fingerprint density at radius 1 is 1.19 bits per heavy atom. The first-order valence-corrected chi connectivity index (χ1v) is 6.72. The summed E-state index contributed by atoms with van der Waals surface area (Å²) < 4.78 is 5.54. The second kappa shape index (κ2) is 6.76. The van der Waals surface area contributed by atoms with Crippen LogP contribution in [0.1, 0.15) is 11.1 Å². The Morgan fingerprint density at radius 3 is 2.62 bits per heavy atom. The van der Waals surface area contributed by atoms with Gasteiger partial charge in [-0.15, -0.1) is 0 Å². The lowest BCUT2D eigenvalue weighted by Gasteiger charge is -2.12. The van der Waals surface area contributed by atoms with E-state index in [0.717, 1.165) is 0 Å². The fourth-order valence-electron chi connectivity index (χ4n) is 1.82. The van der Waals surface area contributed by atoms with E-state index in [2.05, 4.69) is 0 Å². The zero-order chi connectivity index (χ0) is 15.4. The number of ether oxygens (including phenoxy) is 1. The van der Waals surface area contributed by atoms with Crippen LogP contribution in [-0.2, 0) is 13.2 Å². The lowest BCUT2D eigenvalue weighted by Crippen LogP contribution is -2.03. The van der Waals surface area contributed by atoms with Crippen LogP contribution >= 0.6 is 23.2 Å². The van der Waals surface area contributed by atoms with Gasteiger partial charge >= 0.3 is 0 Å². The lowest BCUT2D eigenvalue weighted by atomic mass is 10.2. The molecule has 0 heterocycles. The number of hydrogen-bond acceptors (Lipinski definition) is 4. The summed E-state index contributed by atoms with van der Waals surface area (Å²) in [5, 5.41) is 20.9. The molecular weight excluding hydrogens is 317 g/mol. The highest BCUT2D eigenvalue weighted by Crippen LogP contribution is 2.31. The van der Waals surface area contributed by atoms with Crippen molar-refractivity contribution in [2.24, 2.45) is 0 Å². The minimum Gasteiger partial charge on any atom is -0.487 e. The van der Waals surface area contributed by atoms with E-state index in [1.807, 2.05) is 0 Å². The Kier molecular flexibility index (Phi) is 5.01. The van der Waals surface area contributed by atoms with Gasteiger partial charge in [0.05, 0.1) is 22.1 Å². The van der Waals surface area contributed by atoms with E-state index in [4.69, 9.17) is 27.9 Å². The molecule has 0 aliphatic heterocycles. The average Bonchev–Trinajstić information content (AvgIpc) is 2.46. The second-order valence-electron chi connectivity index (χ2n) is 4.21. The maximum absolute atomic E-state index is 11.0. The molecule has 0 unspecified atom stereocenters. The Labute approximate surface area is 130 Å². The monoisotopic (exact) mass is 327 g/mol. The van der Waals surface area contributed by atoms with Gasteiger partial charge in [-0.05, 0) is 18.2 Å². The van der Waals surface area contributed by atoms with Gasteiger partial charge in [0.1, 0.15) is 12.4 Å². The molecule has 2 aromatic carbocycles. The van der Waals surface area contributed by atoms with E-state index in [-0.39, 0.29) is 23.9 Å². The van der Waals surface area contributed by atoms with Crippen molar-refractivity contribution in [2.75, 3.05) is 0 Å². The van der Waals surface area contributed by atoms with Crippen molar-refractivity contribution < 1.29 is 14.8 Å². The standard InChI is InChI=1S/C14H11Cl2NO4/c15-11-5-4-10(13(6-11)17(19)20)8-21-14-9(7-18)2-1-3-12(14)16/h1-6,18H,7-8H2. The summed E-state index contributed by atoms with van der Waals surface area (Å²) in [5.41, 5.74) is 0.757. The van der Waals surface area contributed by atoms with Crippen LogP contribution in [-0.4, -0.2) is 10.0 Å². The summed E-state index contributed by atoms with van der Waals surface area (Å²) in [6.45, 7) is -0.289. The maximum atomic E-state index is 11.0. The third kappa shape index (κ3) is 3.64. The Morgan fingerprint density at radius 2 is 1.95 bits per heavy atom. The molecular formula is C14H11Cl2NO4. The molecule has 5 nitrogen and oxygen atoms in total. The minimum atomic E-state index is -0.524. The van der Waals surface area contributed by atoms with Gasteiger partial charge in [-0.3, -0.25) is 10.1 Å². The van der Waals surface area contributed by atoms with Gasteiger partial charge in [-0.1, -0.05) is 35.3 Å². The van der Waals surface area contributed by atoms with Crippen molar-refractivity contribution in [2.45, 2.75) is 13.2 Å². The van der Waals surface area contributed by atoms with Crippen molar-refractivity contribution in [3.8, 4) is 5.75 Å². The van der Waals surface area contributed by atoms with Crippen LogP contribution in [0, 0.1) is 10.1 Å². The fraction of sp³-hybridized carbons (Fsp3) is 0.143. The van der Waals surface area contributed by atoms with Gasteiger partial charge in [0.2, 0.25) is 0 Å². The van der Waals surface area contributed by atoms with Gasteiger partial charge < -0.3 is 9.84 Å². The van der Waals surface area contributed by atoms with Gasteiger partial charge in [0, 0.05) is 16.7 Å². The summed E-state index contributed by atoms with van der Waals surface area (Å²) >= 11 is 11.8.